The molecule has 0 amide bonds. The van der Waals surface area contributed by atoms with Crippen molar-refractivity contribution in [2.24, 2.45) is 0 Å². The molecule has 0 unspecified atom stereocenters. The zero-order valence-corrected chi connectivity index (χ0v) is 5.32. The highest BCUT2D eigenvalue weighted by Crippen LogP contribution is 1.93. The SMILES string of the molecule is C=C(OCCF)C(C)=O. The molecule has 2 nitrogen and oxygen atoms in total. The second-order valence-electron chi connectivity index (χ2n) is 1.52. The zero-order chi connectivity index (χ0) is 7.28. The average molecular weight is 132 g/mol. The molecule has 0 aliphatic carbocycles. The highest BCUT2D eigenvalue weighted by molar-refractivity contribution is 5.90. The number of ether oxygens (including phenoxy) is 1. The minimum Gasteiger partial charge on any atom is -0.488 e. The maximum Gasteiger partial charge on any atom is 0.193 e. The second kappa shape index (κ2) is 4.06. The predicted molar refractivity (Wildman–Crippen MR) is 31.7 cm³/mol. The number of carbonyl (C=O) groups is 1. The number of Topliss-reactive ketones (excluding diaryl/α,β-unsaturated/α-hetero) is 1. The molecule has 0 aromatic rings. The standard InChI is InChI=1S/C6H9FO2/c1-5(8)6(2)9-4-3-7/h2-4H2,1H3. The Bertz CT molecular complexity index is 120. The summed E-state index contributed by atoms with van der Waals surface area (Å²) in [6, 6.07) is 0. The first-order chi connectivity index (χ1) is 4.18. The lowest BCUT2D eigenvalue weighted by Crippen LogP contribution is -2.02. The third kappa shape index (κ3) is 3.70. The maximum absolute atomic E-state index is 11.3. The highest BCUT2D eigenvalue weighted by Gasteiger charge is 1.98. The van der Waals surface area contributed by atoms with Crippen LogP contribution in [0, 0.1) is 0 Å². The first-order valence-corrected chi connectivity index (χ1v) is 2.57. The van der Waals surface area contributed by atoms with Crippen LogP contribution < -0.4 is 0 Å². The zero-order valence-electron chi connectivity index (χ0n) is 5.32. The molecule has 0 aliphatic heterocycles. The van der Waals surface area contributed by atoms with Crippen LogP contribution >= 0.6 is 0 Å². The molecule has 9 heavy (non-hydrogen) atoms. The molecule has 0 spiro atoms. The molecule has 0 saturated heterocycles. The Hall–Kier alpha value is -0.860. The van der Waals surface area contributed by atoms with E-state index in [1.54, 1.807) is 0 Å². The molecule has 0 bridgehead atoms. The smallest absolute Gasteiger partial charge is 0.193 e. The molecule has 3 heteroatoms. The van der Waals surface area contributed by atoms with Crippen LogP contribution in [0.25, 0.3) is 0 Å². The fraction of sp³-hybridized carbons (Fsp3) is 0.500. The molecule has 0 aliphatic rings. The lowest BCUT2D eigenvalue weighted by molar-refractivity contribution is -0.116. The summed E-state index contributed by atoms with van der Waals surface area (Å²) in [7, 11) is 0. The summed E-state index contributed by atoms with van der Waals surface area (Å²) in [5, 5.41) is 0. The summed E-state index contributed by atoms with van der Waals surface area (Å²) in [5.41, 5.74) is 0. The Morgan fingerprint density at radius 2 is 2.33 bits per heavy atom. The van der Waals surface area contributed by atoms with Crippen LogP contribution in [-0.4, -0.2) is 19.1 Å². The van der Waals surface area contributed by atoms with Crippen LogP contribution in [-0.2, 0) is 9.53 Å². The number of ketones is 1. The third-order valence-electron chi connectivity index (χ3n) is 0.746. The van der Waals surface area contributed by atoms with Crippen LogP contribution in [0.2, 0.25) is 0 Å². The first-order valence-electron chi connectivity index (χ1n) is 2.57. The van der Waals surface area contributed by atoms with E-state index in [0.717, 1.165) is 0 Å². The Labute approximate surface area is 53.3 Å². The largest absolute Gasteiger partial charge is 0.488 e. The van der Waals surface area contributed by atoms with E-state index in [9.17, 15) is 9.18 Å². The average Bonchev–Trinajstić information content (AvgIpc) is 1.82. The van der Waals surface area contributed by atoms with E-state index >= 15 is 0 Å². The number of hydrogen-bond donors (Lipinski definition) is 0. The van der Waals surface area contributed by atoms with Gasteiger partial charge in [-0.3, -0.25) is 4.79 Å². The van der Waals surface area contributed by atoms with E-state index in [-0.39, 0.29) is 18.1 Å². The summed E-state index contributed by atoms with van der Waals surface area (Å²) < 4.78 is 15.9. The molecular formula is C6H9FO2. The predicted octanol–water partition coefficient (Wildman–Crippen LogP) is 1.08. The lowest BCUT2D eigenvalue weighted by atomic mass is 10.4. The van der Waals surface area contributed by atoms with Gasteiger partial charge in [-0.05, 0) is 0 Å². The van der Waals surface area contributed by atoms with Gasteiger partial charge < -0.3 is 4.74 Å². The Balaban J connectivity index is 3.39. The van der Waals surface area contributed by atoms with Gasteiger partial charge in [0, 0.05) is 6.92 Å². The Morgan fingerprint density at radius 3 is 2.67 bits per heavy atom. The number of hydrogen-bond acceptors (Lipinski definition) is 2. The van der Waals surface area contributed by atoms with Crippen LogP contribution in [0.15, 0.2) is 12.3 Å². The van der Waals surface area contributed by atoms with E-state index < -0.39 is 6.67 Å². The summed E-state index contributed by atoms with van der Waals surface area (Å²) >= 11 is 0. The molecule has 0 aromatic carbocycles. The molecule has 0 aromatic heterocycles. The topological polar surface area (TPSA) is 26.3 Å². The second-order valence-corrected chi connectivity index (χ2v) is 1.52. The lowest BCUT2D eigenvalue weighted by Gasteiger charge is -2.00. The Morgan fingerprint density at radius 1 is 1.78 bits per heavy atom. The number of alkyl halides is 1. The quantitative estimate of drug-likeness (QED) is 0.422. The van der Waals surface area contributed by atoms with Crippen molar-refractivity contribution in [3.8, 4) is 0 Å². The van der Waals surface area contributed by atoms with Crippen LogP contribution in [0.3, 0.4) is 0 Å². The van der Waals surface area contributed by atoms with Crippen molar-refractivity contribution in [3.05, 3.63) is 12.3 Å². The van der Waals surface area contributed by atoms with Crippen molar-refractivity contribution in [2.45, 2.75) is 6.92 Å². The summed E-state index contributed by atoms with van der Waals surface area (Å²) in [5.74, 6) is -0.240. The van der Waals surface area contributed by atoms with Gasteiger partial charge in [-0.25, -0.2) is 4.39 Å². The first kappa shape index (κ1) is 8.14. The monoisotopic (exact) mass is 132 g/mol. The number of halogens is 1. The van der Waals surface area contributed by atoms with E-state index in [4.69, 9.17) is 0 Å². The van der Waals surface area contributed by atoms with Crippen molar-refractivity contribution in [2.75, 3.05) is 13.3 Å². The fourth-order valence-corrected chi connectivity index (χ4v) is 0.263. The minimum atomic E-state index is -0.591. The van der Waals surface area contributed by atoms with Crippen molar-refractivity contribution in [1.82, 2.24) is 0 Å². The summed E-state index contributed by atoms with van der Waals surface area (Å²) in [6.45, 7) is 3.90. The molecule has 0 heterocycles. The molecule has 0 radical (unpaired) electrons. The number of allylic oxidation sites excluding steroid dienone is 1. The molecule has 0 rings (SSSR count). The molecule has 0 atom stereocenters. The van der Waals surface area contributed by atoms with Crippen molar-refractivity contribution < 1.29 is 13.9 Å². The molecule has 0 fully saturated rings. The van der Waals surface area contributed by atoms with Crippen LogP contribution in [0.4, 0.5) is 4.39 Å². The molecule has 0 saturated carbocycles. The van der Waals surface area contributed by atoms with Gasteiger partial charge in [0.15, 0.2) is 11.5 Å². The van der Waals surface area contributed by atoms with Gasteiger partial charge in [0.25, 0.3) is 0 Å². The van der Waals surface area contributed by atoms with E-state index in [1.165, 1.54) is 6.92 Å². The summed E-state index contributed by atoms with van der Waals surface area (Å²) in [4.78, 5) is 10.3. The molecule has 52 valence electrons. The van der Waals surface area contributed by atoms with Crippen LogP contribution in [0.5, 0.6) is 0 Å². The van der Waals surface area contributed by atoms with Crippen LogP contribution in [0.1, 0.15) is 6.92 Å². The van der Waals surface area contributed by atoms with Gasteiger partial charge in [-0.2, -0.15) is 0 Å². The number of rotatable bonds is 4. The highest BCUT2D eigenvalue weighted by atomic mass is 19.1. The van der Waals surface area contributed by atoms with Gasteiger partial charge in [0.2, 0.25) is 0 Å². The van der Waals surface area contributed by atoms with Crippen molar-refractivity contribution >= 4 is 5.78 Å². The van der Waals surface area contributed by atoms with Crippen molar-refractivity contribution in [3.63, 3.8) is 0 Å². The number of carbonyl (C=O) groups excluding carboxylic acids is 1. The third-order valence-corrected chi connectivity index (χ3v) is 0.746. The fourth-order valence-electron chi connectivity index (χ4n) is 0.263. The molecule has 0 N–H and O–H groups in total. The van der Waals surface area contributed by atoms with E-state index in [1.807, 2.05) is 0 Å². The van der Waals surface area contributed by atoms with Gasteiger partial charge >= 0.3 is 0 Å². The van der Waals surface area contributed by atoms with E-state index in [0.29, 0.717) is 0 Å². The van der Waals surface area contributed by atoms with Gasteiger partial charge in [0.1, 0.15) is 13.3 Å². The maximum atomic E-state index is 11.3. The molecular weight excluding hydrogens is 123 g/mol. The summed E-state index contributed by atoms with van der Waals surface area (Å²) in [6.07, 6.45) is 0. The van der Waals surface area contributed by atoms with Crippen molar-refractivity contribution in [1.29, 1.82) is 0 Å². The van der Waals surface area contributed by atoms with Gasteiger partial charge in [-0.15, -0.1) is 0 Å². The van der Waals surface area contributed by atoms with E-state index in [2.05, 4.69) is 11.3 Å². The van der Waals surface area contributed by atoms with Gasteiger partial charge in [-0.1, -0.05) is 6.58 Å². The minimum absolute atomic E-state index is 0.0210. The van der Waals surface area contributed by atoms with Gasteiger partial charge in [0.05, 0.1) is 0 Å². The normalized spacial score (nSPS) is 8.67. The Kier molecular flexibility index (Phi) is 3.67.